The van der Waals surface area contributed by atoms with Crippen LogP contribution in [0.4, 0.5) is 0 Å². The fraction of sp³-hybridized carbons (Fsp3) is 0.118. The van der Waals surface area contributed by atoms with Crippen LogP contribution in [0.3, 0.4) is 0 Å². The van der Waals surface area contributed by atoms with Crippen LogP contribution in [0.2, 0.25) is 5.15 Å². The predicted octanol–water partition coefficient (Wildman–Crippen LogP) is 4.46. The molecule has 3 heteroatoms. The Morgan fingerprint density at radius 2 is 1.90 bits per heavy atom. The molecule has 2 aromatic carbocycles. The summed E-state index contributed by atoms with van der Waals surface area (Å²) in [4.78, 5) is 11.3. The zero-order chi connectivity index (χ0) is 14.1. The van der Waals surface area contributed by atoms with E-state index in [0.717, 1.165) is 28.3 Å². The number of rotatable bonds is 3. The molecule has 0 amide bonds. The van der Waals surface area contributed by atoms with Crippen molar-refractivity contribution in [3.63, 3.8) is 0 Å². The maximum atomic E-state index is 11.3. The molecule has 1 aromatic heterocycles. The van der Waals surface area contributed by atoms with Crippen LogP contribution in [0.15, 0.2) is 48.5 Å². The number of aldehydes is 1. The van der Waals surface area contributed by atoms with Crippen LogP contribution in [0.25, 0.3) is 10.9 Å². The second-order valence-electron chi connectivity index (χ2n) is 4.91. The van der Waals surface area contributed by atoms with Crippen molar-refractivity contribution < 1.29 is 4.79 Å². The average Bonchev–Trinajstić information content (AvgIpc) is 2.71. The van der Waals surface area contributed by atoms with Gasteiger partial charge in [0.15, 0.2) is 6.29 Å². The third-order valence-electron chi connectivity index (χ3n) is 3.49. The Kier molecular flexibility index (Phi) is 3.33. The number of aryl methyl sites for hydroxylation is 1. The van der Waals surface area contributed by atoms with Gasteiger partial charge in [-0.3, -0.25) is 4.79 Å². The first-order valence-electron chi connectivity index (χ1n) is 6.48. The molecule has 0 aliphatic rings. The van der Waals surface area contributed by atoms with Crippen molar-refractivity contribution in [1.29, 1.82) is 0 Å². The van der Waals surface area contributed by atoms with Crippen molar-refractivity contribution in [1.82, 2.24) is 4.57 Å². The normalized spacial score (nSPS) is 10.9. The summed E-state index contributed by atoms with van der Waals surface area (Å²) in [6.07, 6.45) is 0.839. The van der Waals surface area contributed by atoms with Gasteiger partial charge < -0.3 is 4.57 Å². The maximum absolute atomic E-state index is 11.3. The molecule has 20 heavy (non-hydrogen) atoms. The fourth-order valence-corrected chi connectivity index (χ4v) is 2.79. The third-order valence-corrected chi connectivity index (χ3v) is 3.90. The minimum absolute atomic E-state index is 0.504. The largest absolute Gasteiger partial charge is 0.327 e. The monoisotopic (exact) mass is 283 g/mol. The summed E-state index contributed by atoms with van der Waals surface area (Å²) >= 11 is 6.39. The van der Waals surface area contributed by atoms with E-state index in [2.05, 4.69) is 12.1 Å². The lowest BCUT2D eigenvalue weighted by Crippen LogP contribution is -1.99. The number of halogens is 1. The number of carbonyl (C=O) groups excluding carboxylic acids is 1. The van der Waals surface area contributed by atoms with E-state index in [1.165, 1.54) is 0 Å². The maximum Gasteiger partial charge on any atom is 0.153 e. The molecule has 1 heterocycles. The van der Waals surface area contributed by atoms with E-state index in [0.29, 0.717) is 17.3 Å². The SMILES string of the molecule is Cc1ccc2c(c1)c(C=O)c(Cl)n2Cc1ccccc1. The van der Waals surface area contributed by atoms with Crippen LogP contribution < -0.4 is 0 Å². The number of carbonyl (C=O) groups is 1. The standard InChI is InChI=1S/C17H14ClNO/c1-12-7-8-16-14(9-12)15(11-20)17(18)19(16)10-13-5-3-2-4-6-13/h2-9,11H,10H2,1H3. The lowest BCUT2D eigenvalue weighted by molar-refractivity contribution is 0.112. The molecule has 2 nitrogen and oxygen atoms in total. The van der Waals surface area contributed by atoms with Gasteiger partial charge in [0.25, 0.3) is 0 Å². The summed E-state index contributed by atoms with van der Waals surface area (Å²) in [6.45, 7) is 2.67. The Balaban J connectivity index is 2.20. The van der Waals surface area contributed by atoms with Gasteiger partial charge in [0.1, 0.15) is 5.15 Å². The Hall–Kier alpha value is -2.06. The highest BCUT2D eigenvalue weighted by Gasteiger charge is 2.15. The molecule has 0 spiro atoms. The van der Waals surface area contributed by atoms with E-state index in [1.807, 2.05) is 47.9 Å². The highest BCUT2D eigenvalue weighted by atomic mass is 35.5. The molecule has 0 unspecified atom stereocenters. The van der Waals surface area contributed by atoms with Gasteiger partial charge in [-0.2, -0.15) is 0 Å². The molecule has 0 saturated carbocycles. The van der Waals surface area contributed by atoms with E-state index in [9.17, 15) is 4.79 Å². The molecule has 0 fully saturated rings. The molecule has 100 valence electrons. The molecular weight excluding hydrogens is 270 g/mol. The predicted molar refractivity (Wildman–Crippen MR) is 82.6 cm³/mol. The summed E-state index contributed by atoms with van der Waals surface area (Å²) in [5.74, 6) is 0. The molecule has 0 aliphatic carbocycles. The first kappa shape index (κ1) is 12.9. The average molecular weight is 284 g/mol. The van der Waals surface area contributed by atoms with E-state index in [1.54, 1.807) is 0 Å². The van der Waals surface area contributed by atoms with Gasteiger partial charge >= 0.3 is 0 Å². The molecular formula is C17H14ClNO. The number of hydrogen-bond donors (Lipinski definition) is 0. The summed E-state index contributed by atoms with van der Waals surface area (Å²) in [7, 11) is 0. The zero-order valence-corrected chi connectivity index (χ0v) is 11.9. The van der Waals surface area contributed by atoms with Crippen LogP contribution in [-0.4, -0.2) is 10.9 Å². The van der Waals surface area contributed by atoms with Gasteiger partial charge in [-0.25, -0.2) is 0 Å². The van der Waals surface area contributed by atoms with Gasteiger partial charge in [0.05, 0.1) is 11.1 Å². The molecule has 3 aromatic rings. The fourth-order valence-electron chi connectivity index (χ4n) is 2.50. The number of fused-ring (bicyclic) bond motifs is 1. The Morgan fingerprint density at radius 1 is 1.15 bits per heavy atom. The Bertz CT molecular complexity index is 775. The van der Waals surface area contributed by atoms with Crippen LogP contribution in [0.5, 0.6) is 0 Å². The second kappa shape index (κ2) is 5.14. The topological polar surface area (TPSA) is 22.0 Å². The zero-order valence-electron chi connectivity index (χ0n) is 11.1. The highest BCUT2D eigenvalue weighted by Crippen LogP contribution is 2.30. The number of nitrogens with zero attached hydrogens (tertiary/aromatic N) is 1. The summed E-state index contributed by atoms with van der Waals surface area (Å²) in [5, 5.41) is 1.42. The first-order chi connectivity index (χ1) is 9.70. The lowest BCUT2D eigenvalue weighted by Gasteiger charge is -2.07. The number of benzene rings is 2. The van der Waals surface area contributed by atoms with E-state index < -0.39 is 0 Å². The molecule has 0 atom stereocenters. The van der Waals surface area contributed by atoms with E-state index in [-0.39, 0.29) is 0 Å². The van der Waals surface area contributed by atoms with Crippen LogP contribution >= 0.6 is 11.6 Å². The van der Waals surface area contributed by atoms with Crippen molar-refractivity contribution >= 4 is 28.8 Å². The van der Waals surface area contributed by atoms with E-state index in [4.69, 9.17) is 11.6 Å². The minimum atomic E-state index is 0.504. The van der Waals surface area contributed by atoms with Crippen LogP contribution in [-0.2, 0) is 6.54 Å². The van der Waals surface area contributed by atoms with Crippen LogP contribution in [0, 0.1) is 6.92 Å². The number of hydrogen-bond acceptors (Lipinski definition) is 1. The van der Waals surface area contributed by atoms with Crippen molar-refractivity contribution in [2.75, 3.05) is 0 Å². The van der Waals surface area contributed by atoms with Crippen LogP contribution in [0.1, 0.15) is 21.5 Å². The molecule has 0 radical (unpaired) electrons. The molecule has 0 bridgehead atoms. The Morgan fingerprint density at radius 3 is 2.60 bits per heavy atom. The van der Waals surface area contributed by atoms with Crippen molar-refractivity contribution in [2.24, 2.45) is 0 Å². The third kappa shape index (κ3) is 2.12. The molecule has 0 aliphatic heterocycles. The first-order valence-corrected chi connectivity index (χ1v) is 6.86. The summed E-state index contributed by atoms with van der Waals surface area (Å²) in [5.41, 5.74) is 3.84. The highest BCUT2D eigenvalue weighted by molar-refractivity contribution is 6.34. The van der Waals surface area contributed by atoms with Gasteiger partial charge in [-0.15, -0.1) is 0 Å². The lowest BCUT2D eigenvalue weighted by atomic mass is 10.1. The molecule has 0 saturated heterocycles. The number of aromatic nitrogens is 1. The van der Waals surface area contributed by atoms with Crippen molar-refractivity contribution in [3.05, 3.63) is 70.4 Å². The summed E-state index contributed by atoms with van der Waals surface area (Å²) < 4.78 is 1.98. The minimum Gasteiger partial charge on any atom is -0.327 e. The van der Waals surface area contributed by atoms with E-state index >= 15 is 0 Å². The van der Waals surface area contributed by atoms with Crippen molar-refractivity contribution in [2.45, 2.75) is 13.5 Å². The van der Waals surface area contributed by atoms with Crippen molar-refractivity contribution in [3.8, 4) is 0 Å². The van der Waals surface area contributed by atoms with Gasteiger partial charge in [0, 0.05) is 11.9 Å². The van der Waals surface area contributed by atoms with Gasteiger partial charge in [-0.05, 0) is 24.6 Å². The second-order valence-corrected chi connectivity index (χ2v) is 5.27. The van der Waals surface area contributed by atoms with Gasteiger partial charge in [0.2, 0.25) is 0 Å². The smallest absolute Gasteiger partial charge is 0.153 e. The van der Waals surface area contributed by atoms with Gasteiger partial charge in [-0.1, -0.05) is 53.6 Å². The Labute approximate surface area is 122 Å². The quantitative estimate of drug-likeness (QED) is 0.650. The molecule has 3 rings (SSSR count). The summed E-state index contributed by atoms with van der Waals surface area (Å²) in [6, 6.07) is 16.2. The molecule has 0 N–H and O–H groups in total.